The number of fused-ring (bicyclic) bond motifs is 1. The first-order valence-electron chi connectivity index (χ1n) is 7.74. The predicted molar refractivity (Wildman–Crippen MR) is 80.3 cm³/mol. The van der Waals surface area contributed by atoms with Gasteiger partial charge in [-0.25, -0.2) is 0 Å². The zero-order chi connectivity index (χ0) is 13.0. The van der Waals surface area contributed by atoms with Gasteiger partial charge in [-0.05, 0) is 66.7 Å². The minimum absolute atomic E-state index is 0.684. The van der Waals surface area contributed by atoms with Crippen LogP contribution in [-0.2, 0) is 6.42 Å². The summed E-state index contributed by atoms with van der Waals surface area (Å²) in [5.74, 6) is 2.20. The fraction of sp³-hybridized carbons (Fsp3) is 0.474. The lowest BCUT2D eigenvalue weighted by molar-refractivity contribution is 0.479. The molecule has 2 bridgehead atoms. The van der Waals surface area contributed by atoms with Crippen LogP contribution in [0.5, 0.6) is 0 Å². The Labute approximate surface area is 116 Å². The van der Waals surface area contributed by atoms with Gasteiger partial charge in [-0.2, -0.15) is 0 Å². The van der Waals surface area contributed by atoms with Gasteiger partial charge in [0.1, 0.15) is 0 Å². The summed E-state index contributed by atoms with van der Waals surface area (Å²) in [5, 5.41) is 0. The Balaban J connectivity index is 1.90. The maximum absolute atomic E-state index is 2.57. The lowest BCUT2D eigenvalue weighted by Crippen LogP contribution is -2.19. The third-order valence-corrected chi connectivity index (χ3v) is 5.27. The van der Waals surface area contributed by atoms with Gasteiger partial charge in [0, 0.05) is 5.92 Å². The molecule has 1 aromatic carbocycles. The van der Waals surface area contributed by atoms with E-state index in [0.29, 0.717) is 5.92 Å². The van der Waals surface area contributed by atoms with Crippen LogP contribution in [0, 0.1) is 18.8 Å². The van der Waals surface area contributed by atoms with Gasteiger partial charge >= 0.3 is 0 Å². The summed E-state index contributed by atoms with van der Waals surface area (Å²) in [7, 11) is 0. The van der Waals surface area contributed by atoms with Crippen molar-refractivity contribution in [2.45, 2.75) is 45.4 Å². The standard InChI is InChI=1S/C19H22/c1-12-3-7-17-15(9-12)11-14-5-8-18(17)19-10-13(2)4-6-16(14)19/h3,6-7,9-10,13-14,18H,4-5,8,11H2,1-2H3. The van der Waals surface area contributed by atoms with Crippen molar-refractivity contribution in [3.8, 4) is 0 Å². The lowest BCUT2D eigenvalue weighted by Gasteiger charge is -2.34. The Hall–Kier alpha value is -1.30. The maximum Gasteiger partial charge on any atom is 0.00919 e. The molecule has 0 radical (unpaired) electrons. The molecule has 0 aliphatic heterocycles. The Morgan fingerprint density at radius 3 is 2.89 bits per heavy atom. The van der Waals surface area contributed by atoms with E-state index in [1.807, 2.05) is 0 Å². The molecule has 4 aliphatic carbocycles. The quantitative estimate of drug-likeness (QED) is 0.612. The highest BCUT2D eigenvalue weighted by Crippen LogP contribution is 2.51. The summed E-state index contributed by atoms with van der Waals surface area (Å²) < 4.78 is 0. The number of allylic oxidation sites excluding steroid dienone is 4. The van der Waals surface area contributed by atoms with E-state index in [4.69, 9.17) is 0 Å². The van der Waals surface area contributed by atoms with Crippen LogP contribution in [0.15, 0.2) is 41.5 Å². The van der Waals surface area contributed by atoms with Crippen molar-refractivity contribution in [1.29, 1.82) is 0 Å². The third-order valence-electron chi connectivity index (χ3n) is 5.27. The second-order valence-electron chi connectivity index (χ2n) is 6.73. The van der Waals surface area contributed by atoms with Crippen molar-refractivity contribution in [3.05, 3.63) is 58.2 Å². The molecule has 19 heavy (non-hydrogen) atoms. The molecule has 1 fully saturated rings. The molecule has 98 valence electrons. The van der Waals surface area contributed by atoms with Crippen LogP contribution in [0.1, 0.15) is 48.8 Å². The summed E-state index contributed by atoms with van der Waals surface area (Å²) in [6.07, 6.45) is 10.4. The second-order valence-corrected chi connectivity index (χ2v) is 6.73. The van der Waals surface area contributed by atoms with Gasteiger partial charge in [0.25, 0.3) is 0 Å². The maximum atomic E-state index is 2.57. The van der Waals surface area contributed by atoms with E-state index in [1.54, 1.807) is 22.3 Å². The minimum atomic E-state index is 0.684. The first kappa shape index (κ1) is 11.5. The fourth-order valence-electron chi connectivity index (χ4n) is 4.35. The van der Waals surface area contributed by atoms with Crippen molar-refractivity contribution < 1.29 is 0 Å². The molecule has 1 aromatic rings. The topological polar surface area (TPSA) is 0 Å². The van der Waals surface area contributed by atoms with Crippen molar-refractivity contribution in [3.63, 3.8) is 0 Å². The molecule has 4 aliphatic rings. The Bertz CT molecular complexity index is 588. The molecule has 0 nitrogen and oxygen atoms in total. The van der Waals surface area contributed by atoms with Crippen LogP contribution >= 0.6 is 0 Å². The van der Waals surface area contributed by atoms with E-state index in [2.05, 4.69) is 44.2 Å². The number of rotatable bonds is 0. The molecule has 0 heterocycles. The minimum Gasteiger partial charge on any atom is -0.0802 e. The monoisotopic (exact) mass is 250 g/mol. The van der Waals surface area contributed by atoms with Gasteiger partial charge in [-0.1, -0.05) is 42.8 Å². The molecule has 0 spiro atoms. The molecular weight excluding hydrogens is 228 g/mol. The molecule has 3 unspecified atom stereocenters. The summed E-state index contributed by atoms with van der Waals surface area (Å²) in [6, 6.07) is 7.14. The number of hydrogen-bond donors (Lipinski definition) is 0. The Morgan fingerprint density at radius 1 is 1.11 bits per heavy atom. The summed E-state index contributed by atoms with van der Waals surface area (Å²) in [4.78, 5) is 0. The van der Waals surface area contributed by atoms with Crippen LogP contribution in [0.3, 0.4) is 0 Å². The van der Waals surface area contributed by atoms with Gasteiger partial charge in [0.15, 0.2) is 0 Å². The zero-order valence-electron chi connectivity index (χ0n) is 11.9. The van der Waals surface area contributed by atoms with Gasteiger partial charge in [0.05, 0.1) is 0 Å². The normalized spacial score (nSPS) is 32.0. The van der Waals surface area contributed by atoms with E-state index in [0.717, 1.165) is 11.8 Å². The molecular formula is C19H22. The van der Waals surface area contributed by atoms with Crippen LogP contribution in [-0.4, -0.2) is 0 Å². The summed E-state index contributed by atoms with van der Waals surface area (Å²) in [5.41, 5.74) is 8.04. The first-order chi connectivity index (χ1) is 9.22. The van der Waals surface area contributed by atoms with Crippen LogP contribution in [0.4, 0.5) is 0 Å². The highest BCUT2D eigenvalue weighted by Gasteiger charge is 2.37. The second kappa shape index (κ2) is 4.10. The average molecular weight is 250 g/mol. The summed E-state index contributed by atoms with van der Waals surface area (Å²) in [6.45, 7) is 4.58. The molecule has 0 aromatic heterocycles. The predicted octanol–water partition coefficient (Wildman–Crippen LogP) is 4.94. The smallest absolute Gasteiger partial charge is 0.00919 e. The fourth-order valence-corrected chi connectivity index (χ4v) is 4.35. The first-order valence-corrected chi connectivity index (χ1v) is 7.74. The van der Waals surface area contributed by atoms with Crippen LogP contribution in [0.25, 0.3) is 0 Å². The van der Waals surface area contributed by atoms with Crippen LogP contribution < -0.4 is 0 Å². The van der Waals surface area contributed by atoms with Gasteiger partial charge < -0.3 is 0 Å². The van der Waals surface area contributed by atoms with E-state index < -0.39 is 0 Å². The van der Waals surface area contributed by atoms with Crippen molar-refractivity contribution >= 4 is 0 Å². The molecule has 1 saturated carbocycles. The summed E-state index contributed by atoms with van der Waals surface area (Å²) >= 11 is 0. The van der Waals surface area contributed by atoms with E-state index in [1.165, 1.54) is 31.2 Å². The number of hydrogen-bond acceptors (Lipinski definition) is 0. The number of benzene rings is 1. The molecule has 0 amide bonds. The van der Waals surface area contributed by atoms with Crippen LogP contribution in [0.2, 0.25) is 0 Å². The molecule has 0 saturated heterocycles. The number of aryl methyl sites for hydroxylation is 1. The van der Waals surface area contributed by atoms with E-state index in [9.17, 15) is 0 Å². The van der Waals surface area contributed by atoms with Crippen molar-refractivity contribution in [1.82, 2.24) is 0 Å². The third kappa shape index (κ3) is 1.73. The largest absolute Gasteiger partial charge is 0.0802 e. The molecule has 5 rings (SSSR count). The Kier molecular flexibility index (Phi) is 2.48. The van der Waals surface area contributed by atoms with Crippen molar-refractivity contribution in [2.24, 2.45) is 11.8 Å². The molecule has 0 heteroatoms. The van der Waals surface area contributed by atoms with E-state index in [-0.39, 0.29) is 0 Å². The highest BCUT2D eigenvalue weighted by molar-refractivity contribution is 5.52. The SMILES string of the molecule is Cc1ccc2c(c1)CC1CCC2C2=CC(C)CC=C21. The van der Waals surface area contributed by atoms with E-state index >= 15 is 0 Å². The van der Waals surface area contributed by atoms with Crippen molar-refractivity contribution in [2.75, 3.05) is 0 Å². The lowest BCUT2D eigenvalue weighted by atomic mass is 9.71. The molecule has 3 atom stereocenters. The highest BCUT2D eigenvalue weighted by atomic mass is 14.4. The van der Waals surface area contributed by atoms with Gasteiger partial charge in [-0.3, -0.25) is 0 Å². The average Bonchev–Trinajstić information content (AvgIpc) is 2.64. The van der Waals surface area contributed by atoms with Gasteiger partial charge in [0.2, 0.25) is 0 Å². The molecule has 0 N–H and O–H groups in total. The Morgan fingerprint density at radius 2 is 2.00 bits per heavy atom. The zero-order valence-corrected chi connectivity index (χ0v) is 11.9. The van der Waals surface area contributed by atoms with Gasteiger partial charge in [-0.15, -0.1) is 0 Å².